The highest BCUT2D eigenvalue weighted by Crippen LogP contribution is 2.40. The highest BCUT2D eigenvalue weighted by Gasteiger charge is 2.29. The Hall–Kier alpha value is -1.94. The molecule has 0 fully saturated rings. The third-order valence-electron chi connectivity index (χ3n) is 3.77. The zero-order chi connectivity index (χ0) is 13.8. The number of aromatic nitrogens is 2. The number of rotatable bonds is 4. The molecule has 1 N–H and O–H groups in total. The van der Waals surface area contributed by atoms with E-state index in [2.05, 4.69) is 34.3 Å². The van der Waals surface area contributed by atoms with Crippen molar-refractivity contribution in [1.29, 1.82) is 0 Å². The van der Waals surface area contributed by atoms with Gasteiger partial charge in [0, 0.05) is 29.9 Å². The first-order valence-corrected chi connectivity index (χ1v) is 7.10. The van der Waals surface area contributed by atoms with Crippen LogP contribution in [-0.2, 0) is 0 Å². The zero-order valence-electron chi connectivity index (χ0n) is 11.6. The monoisotopic (exact) mass is 269 g/mol. The lowest BCUT2D eigenvalue weighted by molar-refractivity contribution is 0.246. The average Bonchev–Trinajstić information content (AvgIpc) is 2.53. The molecule has 1 aliphatic heterocycles. The van der Waals surface area contributed by atoms with Gasteiger partial charge in [-0.15, -0.1) is 0 Å². The van der Waals surface area contributed by atoms with Gasteiger partial charge in [0.05, 0.1) is 6.61 Å². The molecule has 2 heterocycles. The van der Waals surface area contributed by atoms with E-state index in [0.717, 1.165) is 30.9 Å². The van der Waals surface area contributed by atoms with E-state index in [4.69, 9.17) is 4.74 Å². The number of likely N-dealkylation sites (N-methyl/N-ethyl adjacent to an activating group) is 1. The van der Waals surface area contributed by atoms with Crippen molar-refractivity contribution in [3.63, 3.8) is 0 Å². The summed E-state index contributed by atoms with van der Waals surface area (Å²) in [6.45, 7) is 3.80. The van der Waals surface area contributed by atoms with Crippen LogP contribution in [0.5, 0.6) is 5.75 Å². The SMILES string of the molecule is CCNC(c1cncnc1)C1CCOc2ccccc21. The lowest BCUT2D eigenvalue weighted by Crippen LogP contribution is -2.30. The van der Waals surface area contributed by atoms with Crippen LogP contribution in [0.2, 0.25) is 0 Å². The molecule has 0 amide bonds. The highest BCUT2D eigenvalue weighted by atomic mass is 16.5. The average molecular weight is 269 g/mol. The minimum Gasteiger partial charge on any atom is -0.493 e. The Bertz CT molecular complexity index is 559. The largest absolute Gasteiger partial charge is 0.493 e. The standard InChI is InChI=1S/C16H19N3O/c1-2-19-16(12-9-17-11-18-10-12)14-7-8-20-15-6-4-3-5-13(14)15/h3-6,9-11,14,16,19H,2,7-8H2,1H3. The Morgan fingerprint density at radius 1 is 1.30 bits per heavy atom. The molecule has 1 aliphatic rings. The summed E-state index contributed by atoms with van der Waals surface area (Å²) in [5.41, 5.74) is 2.41. The number of ether oxygens (including phenoxy) is 1. The molecule has 0 saturated heterocycles. The molecule has 0 saturated carbocycles. The number of hydrogen-bond donors (Lipinski definition) is 1. The minimum atomic E-state index is 0.228. The van der Waals surface area contributed by atoms with Gasteiger partial charge in [0.15, 0.2) is 0 Å². The number of nitrogens with one attached hydrogen (secondary N) is 1. The van der Waals surface area contributed by atoms with Crippen LogP contribution in [0.25, 0.3) is 0 Å². The summed E-state index contributed by atoms with van der Waals surface area (Å²) in [4.78, 5) is 8.31. The molecule has 4 nitrogen and oxygen atoms in total. The third kappa shape index (κ3) is 2.51. The topological polar surface area (TPSA) is 47.0 Å². The number of hydrogen-bond acceptors (Lipinski definition) is 4. The minimum absolute atomic E-state index is 0.228. The fourth-order valence-corrected chi connectivity index (χ4v) is 2.90. The first-order valence-electron chi connectivity index (χ1n) is 7.10. The quantitative estimate of drug-likeness (QED) is 0.927. The van der Waals surface area contributed by atoms with Crippen molar-refractivity contribution in [3.05, 3.63) is 54.1 Å². The second kappa shape index (κ2) is 6.01. The van der Waals surface area contributed by atoms with Gasteiger partial charge >= 0.3 is 0 Å². The summed E-state index contributed by atoms with van der Waals surface area (Å²) in [5, 5.41) is 3.57. The molecular formula is C16H19N3O. The van der Waals surface area contributed by atoms with E-state index < -0.39 is 0 Å². The normalized spacial score (nSPS) is 18.9. The van der Waals surface area contributed by atoms with Gasteiger partial charge in [0.2, 0.25) is 0 Å². The Morgan fingerprint density at radius 2 is 2.10 bits per heavy atom. The van der Waals surface area contributed by atoms with Gasteiger partial charge in [-0.25, -0.2) is 9.97 Å². The van der Waals surface area contributed by atoms with Crippen LogP contribution >= 0.6 is 0 Å². The Morgan fingerprint density at radius 3 is 2.90 bits per heavy atom. The molecule has 0 spiro atoms. The number of para-hydroxylation sites is 1. The van der Waals surface area contributed by atoms with Gasteiger partial charge in [0.25, 0.3) is 0 Å². The van der Waals surface area contributed by atoms with Gasteiger partial charge in [-0.3, -0.25) is 0 Å². The van der Waals surface area contributed by atoms with E-state index in [1.54, 1.807) is 6.33 Å². The van der Waals surface area contributed by atoms with Crippen LogP contribution in [0.4, 0.5) is 0 Å². The lowest BCUT2D eigenvalue weighted by atomic mass is 9.84. The van der Waals surface area contributed by atoms with Gasteiger partial charge in [0.1, 0.15) is 12.1 Å². The van der Waals surface area contributed by atoms with E-state index in [0.29, 0.717) is 5.92 Å². The molecular weight excluding hydrogens is 250 g/mol. The first kappa shape index (κ1) is 13.1. The Balaban J connectivity index is 1.97. The molecule has 20 heavy (non-hydrogen) atoms. The molecule has 2 unspecified atom stereocenters. The molecule has 0 radical (unpaired) electrons. The third-order valence-corrected chi connectivity index (χ3v) is 3.77. The summed E-state index contributed by atoms with van der Waals surface area (Å²) in [7, 11) is 0. The van der Waals surface area contributed by atoms with E-state index in [-0.39, 0.29) is 6.04 Å². The van der Waals surface area contributed by atoms with Crippen molar-refractivity contribution >= 4 is 0 Å². The maximum absolute atomic E-state index is 5.76. The van der Waals surface area contributed by atoms with Crippen molar-refractivity contribution < 1.29 is 4.74 Å². The fraction of sp³-hybridized carbons (Fsp3) is 0.375. The van der Waals surface area contributed by atoms with Crippen molar-refractivity contribution in [2.75, 3.05) is 13.2 Å². The van der Waals surface area contributed by atoms with Crippen LogP contribution < -0.4 is 10.1 Å². The predicted molar refractivity (Wildman–Crippen MR) is 77.7 cm³/mol. The van der Waals surface area contributed by atoms with Crippen molar-refractivity contribution in [1.82, 2.24) is 15.3 Å². The fourth-order valence-electron chi connectivity index (χ4n) is 2.90. The van der Waals surface area contributed by atoms with E-state index in [1.165, 1.54) is 5.56 Å². The molecule has 1 aromatic heterocycles. The van der Waals surface area contributed by atoms with E-state index >= 15 is 0 Å². The second-order valence-electron chi connectivity index (χ2n) is 4.99. The molecule has 2 atom stereocenters. The number of fused-ring (bicyclic) bond motifs is 1. The van der Waals surface area contributed by atoms with Crippen LogP contribution in [-0.4, -0.2) is 23.1 Å². The van der Waals surface area contributed by atoms with Crippen LogP contribution in [0, 0.1) is 0 Å². The molecule has 4 heteroatoms. The molecule has 0 bridgehead atoms. The maximum Gasteiger partial charge on any atom is 0.122 e. The van der Waals surface area contributed by atoms with Crippen molar-refractivity contribution in [2.45, 2.75) is 25.3 Å². The van der Waals surface area contributed by atoms with Crippen molar-refractivity contribution in [2.24, 2.45) is 0 Å². The maximum atomic E-state index is 5.76. The molecule has 1 aromatic carbocycles. The highest BCUT2D eigenvalue weighted by molar-refractivity contribution is 5.39. The molecule has 104 valence electrons. The summed E-state index contributed by atoms with van der Waals surface area (Å²) in [5.74, 6) is 1.40. The van der Waals surface area contributed by atoms with E-state index in [9.17, 15) is 0 Å². The van der Waals surface area contributed by atoms with Crippen LogP contribution in [0.15, 0.2) is 43.0 Å². The van der Waals surface area contributed by atoms with Crippen LogP contribution in [0.3, 0.4) is 0 Å². The lowest BCUT2D eigenvalue weighted by Gasteiger charge is -2.32. The molecule has 3 rings (SSSR count). The van der Waals surface area contributed by atoms with Gasteiger partial charge in [-0.1, -0.05) is 25.1 Å². The predicted octanol–water partition coefficient (Wildman–Crippen LogP) is 2.69. The van der Waals surface area contributed by atoms with Crippen molar-refractivity contribution in [3.8, 4) is 5.75 Å². The van der Waals surface area contributed by atoms with Gasteiger partial charge in [-0.05, 0) is 24.6 Å². The van der Waals surface area contributed by atoms with Gasteiger partial charge in [-0.2, -0.15) is 0 Å². The van der Waals surface area contributed by atoms with E-state index in [1.807, 2.05) is 24.5 Å². The Kier molecular flexibility index (Phi) is 3.92. The van der Waals surface area contributed by atoms with Crippen LogP contribution in [0.1, 0.15) is 36.4 Å². The smallest absolute Gasteiger partial charge is 0.122 e. The number of nitrogens with zero attached hydrogens (tertiary/aromatic N) is 2. The summed E-state index contributed by atoms with van der Waals surface area (Å²) < 4.78 is 5.76. The number of benzene rings is 1. The van der Waals surface area contributed by atoms with Gasteiger partial charge < -0.3 is 10.1 Å². The summed E-state index contributed by atoms with van der Waals surface area (Å²) in [6, 6.07) is 8.53. The first-order chi connectivity index (χ1) is 9.90. The zero-order valence-corrected chi connectivity index (χ0v) is 11.6. The molecule has 2 aromatic rings. The Labute approximate surface area is 119 Å². The second-order valence-corrected chi connectivity index (χ2v) is 4.99. The molecule has 0 aliphatic carbocycles. The summed E-state index contributed by atoms with van der Waals surface area (Å²) >= 11 is 0. The summed E-state index contributed by atoms with van der Waals surface area (Å²) in [6.07, 6.45) is 6.38.